The molecular weight excluding hydrogens is 179 g/mol. The Bertz CT molecular complexity index is 236. The largest absolute Gasteiger partial charge is 0.429 e. The average molecular weight is 191 g/mol. The Kier molecular flexibility index (Phi) is 4.45. The van der Waals surface area contributed by atoms with E-state index in [0.717, 1.165) is 6.92 Å². The van der Waals surface area contributed by atoms with E-state index in [9.17, 15) is 13.2 Å². The maximum absolute atomic E-state index is 11.9. The molecule has 0 N–H and O–H groups in total. The van der Waals surface area contributed by atoms with E-state index in [4.69, 9.17) is 0 Å². The van der Waals surface area contributed by atoms with Crippen LogP contribution in [-0.4, -0.2) is 11.9 Å². The Labute approximate surface area is 75.7 Å². The van der Waals surface area contributed by atoms with Gasteiger partial charge in [0.1, 0.15) is 5.71 Å². The monoisotopic (exact) mass is 191 g/mol. The van der Waals surface area contributed by atoms with Gasteiger partial charge in [-0.2, -0.15) is 13.2 Å². The lowest BCUT2D eigenvalue weighted by molar-refractivity contribution is -0.0591. The zero-order valence-corrected chi connectivity index (χ0v) is 7.65. The molecule has 74 valence electrons. The smallest absolute Gasteiger partial charge is 0.256 e. The van der Waals surface area contributed by atoms with Crippen LogP contribution in [0, 0.1) is 0 Å². The Morgan fingerprint density at radius 3 is 2.31 bits per heavy atom. The molecule has 0 bridgehead atoms. The zero-order valence-electron chi connectivity index (χ0n) is 7.65. The number of rotatable bonds is 3. The summed E-state index contributed by atoms with van der Waals surface area (Å²) in [5, 5.41) is 0. The molecule has 0 atom stereocenters. The second kappa shape index (κ2) is 4.84. The van der Waals surface area contributed by atoms with Crippen LogP contribution >= 0.6 is 0 Å². The molecule has 0 aliphatic heterocycles. The molecule has 1 nitrogen and oxygen atoms in total. The highest BCUT2D eigenvalue weighted by molar-refractivity contribution is 5.87. The molecular formula is C9H12F3N. The Balaban J connectivity index is 4.58. The third-order valence-corrected chi connectivity index (χ3v) is 1.50. The molecule has 0 saturated heterocycles. The van der Waals surface area contributed by atoms with E-state index in [2.05, 4.69) is 11.6 Å². The number of hydrogen-bond acceptors (Lipinski definition) is 1. The number of alkyl halides is 3. The summed E-state index contributed by atoms with van der Waals surface area (Å²) >= 11 is 0. The summed E-state index contributed by atoms with van der Waals surface area (Å²) in [5.74, 6) is 0. The molecule has 0 radical (unpaired) electrons. The minimum atomic E-state index is -4.34. The molecule has 0 aromatic heterocycles. The maximum Gasteiger partial charge on any atom is 0.429 e. The zero-order chi connectivity index (χ0) is 10.5. The lowest BCUT2D eigenvalue weighted by Crippen LogP contribution is -2.18. The second-order valence-corrected chi connectivity index (χ2v) is 2.47. The van der Waals surface area contributed by atoms with Crippen LogP contribution < -0.4 is 0 Å². The fourth-order valence-electron chi connectivity index (χ4n) is 0.541. The number of hydrogen-bond donors (Lipinski definition) is 0. The SMILES string of the molecule is C=C/C(=C\N=C(C)C(F)(F)F)CC. The Morgan fingerprint density at radius 2 is 2.00 bits per heavy atom. The topological polar surface area (TPSA) is 12.4 Å². The number of aliphatic imine (C=N–C) groups is 1. The van der Waals surface area contributed by atoms with Crippen molar-refractivity contribution in [2.45, 2.75) is 26.4 Å². The Hall–Kier alpha value is -1.06. The van der Waals surface area contributed by atoms with Gasteiger partial charge in [-0.05, 0) is 18.9 Å². The van der Waals surface area contributed by atoms with Crippen LogP contribution in [-0.2, 0) is 0 Å². The highest BCUT2D eigenvalue weighted by atomic mass is 19.4. The molecule has 0 aromatic carbocycles. The summed E-state index contributed by atoms with van der Waals surface area (Å²) in [6.07, 6.45) is -1.03. The molecule has 13 heavy (non-hydrogen) atoms. The van der Waals surface area contributed by atoms with Crippen molar-refractivity contribution in [3.63, 3.8) is 0 Å². The number of allylic oxidation sites excluding steroid dienone is 2. The highest BCUT2D eigenvalue weighted by Gasteiger charge is 2.31. The van der Waals surface area contributed by atoms with Crippen LogP contribution in [0.1, 0.15) is 20.3 Å². The number of halogens is 3. The van der Waals surface area contributed by atoms with E-state index >= 15 is 0 Å². The van der Waals surface area contributed by atoms with Gasteiger partial charge in [-0.25, -0.2) is 0 Å². The van der Waals surface area contributed by atoms with Gasteiger partial charge in [0.2, 0.25) is 0 Å². The van der Waals surface area contributed by atoms with E-state index < -0.39 is 11.9 Å². The highest BCUT2D eigenvalue weighted by Crippen LogP contribution is 2.17. The first-order valence-electron chi connectivity index (χ1n) is 3.85. The van der Waals surface area contributed by atoms with Gasteiger partial charge in [-0.15, -0.1) is 0 Å². The van der Waals surface area contributed by atoms with E-state index in [1.54, 1.807) is 0 Å². The third kappa shape index (κ3) is 4.50. The summed E-state index contributed by atoms with van der Waals surface area (Å²) < 4.78 is 35.8. The van der Waals surface area contributed by atoms with Gasteiger partial charge in [0, 0.05) is 6.20 Å². The third-order valence-electron chi connectivity index (χ3n) is 1.50. The molecule has 4 heteroatoms. The van der Waals surface area contributed by atoms with E-state index in [0.29, 0.717) is 12.0 Å². The van der Waals surface area contributed by atoms with Crippen molar-refractivity contribution < 1.29 is 13.2 Å². The summed E-state index contributed by atoms with van der Waals surface area (Å²) in [6.45, 7) is 6.22. The summed E-state index contributed by atoms with van der Waals surface area (Å²) in [6, 6.07) is 0. The molecule has 0 aliphatic rings. The molecule has 0 amide bonds. The first kappa shape index (κ1) is 11.9. The van der Waals surface area contributed by atoms with Crippen LogP contribution in [0.3, 0.4) is 0 Å². The lowest BCUT2D eigenvalue weighted by Gasteiger charge is -2.03. The fourth-order valence-corrected chi connectivity index (χ4v) is 0.541. The van der Waals surface area contributed by atoms with Gasteiger partial charge in [0.15, 0.2) is 0 Å². The van der Waals surface area contributed by atoms with Crippen molar-refractivity contribution in [3.05, 3.63) is 24.4 Å². The Morgan fingerprint density at radius 1 is 1.46 bits per heavy atom. The standard InChI is InChI=1S/C9H12F3N/c1-4-8(5-2)6-13-7(3)9(10,11)12/h4,6H,1,5H2,2-3H3/b8-6+,13-7?. The predicted molar refractivity (Wildman–Crippen MR) is 47.7 cm³/mol. The van der Waals surface area contributed by atoms with Gasteiger partial charge >= 0.3 is 6.18 Å². The van der Waals surface area contributed by atoms with Crippen LogP contribution in [0.5, 0.6) is 0 Å². The number of nitrogens with zero attached hydrogens (tertiary/aromatic N) is 1. The van der Waals surface area contributed by atoms with E-state index in [1.165, 1.54) is 12.3 Å². The van der Waals surface area contributed by atoms with Crippen molar-refractivity contribution >= 4 is 5.71 Å². The summed E-state index contributed by atoms with van der Waals surface area (Å²) in [5.41, 5.74) is -0.163. The van der Waals surface area contributed by atoms with Gasteiger partial charge in [0.05, 0.1) is 0 Å². The van der Waals surface area contributed by atoms with Crippen LogP contribution in [0.25, 0.3) is 0 Å². The van der Waals surface area contributed by atoms with E-state index in [-0.39, 0.29) is 0 Å². The van der Waals surface area contributed by atoms with Crippen molar-refractivity contribution in [3.8, 4) is 0 Å². The average Bonchev–Trinajstić information content (AvgIpc) is 2.04. The van der Waals surface area contributed by atoms with Crippen molar-refractivity contribution in [2.75, 3.05) is 0 Å². The van der Waals surface area contributed by atoms with E-state index in [1.807, 2.05) is 6.92 Å². The predicted octanol–water partition coefficient (Wildman–Crippen LogP) is 3.49. The summed E-state index contributed by atoms with van der Waals surface area (Å²) in [4.78, 5) is 3.30. The minimum absolute atomic E-state index is 0.623. The molecule has 0 spiro atoms. The molecule has 0 fully saturated rings. The van der Waals surface area contributed by atoms with Gasteiger partial charge < -0.3 is 0 Å². The normalized spacial score (nSPS) is 14.5. The fraction of sp³-hybridized carbons (Fsp3) is 0.444. The van der Waals surface area contributed by atoms with Crippen molar-refractivity contribution in [2.24, 2.45) is 4.99 Å². The lowest BCUT2D eigenvalue weighted by atomic mass is 10.2. The van der Waals surface area contributed by atoms with Crippen LogP contribution in [0.2, 0.25) is 0 Å². The first-order chi connectivity index (χ1) is 5.91. The summed E-state index contributed by atoms with van der Waals surface area (Å²) in [7, 11) is 0. The minimum Gasteiger partial charge on any atom is -0.256 e. The molecule has 0 saturated carbocycles. The molecule has 0 heterocycles. The molecule has 0 aliphatic carbocycles. The molecule has 0 rings (SSSR count). The van der Waals surface area contributed by atoms with Crippen LogP contribution in [0.4, 0.5) is 13.2 Å². The quantitative estimate of drug-likeness (QED) is 0.478. The van der Waals surface area contributed by atoms with Gasteiger partial charge in [-0.3, -0.25) is 4.99 Å². The van der Waals surface area contributed by atoms with Crippen LogP contribution in [0.15, 0.2) is 29.4 Å². The molecule has 0 aromatic rings. The van der Waals surface area contributed by atoms with Crippen molar-refractivity contribution in [1.29, 1.82) is 0 Å². The van der Waals surface area contributed by atoms with Crippen molar-refractivity contribution in [1.82, 2.24) is 0 Å². The van der Waals surface area contributed by atoms with Gasteiger partial charge in [0.25, 0.3) is 0 Å². The maximum atomic E-state index is 11.9. The molecule has 0 unspecified atom stereocenters. The van der Waals surface area contributed by atoms with Gasteiger partial charge in [-0.1, -0.05) is 19.6 Å². The second-order valence-electron chi connectivity index (χ2n) is 2.47. The first-order valence-corrected chi connectivity index (χ1v) is 3.85.